The molecule has 2 aromatic carbocycles. The maximum atomic E-state index is 8.81. The van der Waals surface area contributed by atoms with E-state index in [4.69, 9.17) is 26.3 Å². The Kier molecular flexibility index (Phi) is 3.71. The summed E-state index contributed by atoms with van der Waals surface area (Å²) < 4.78 is 10.7. The lowest BCUT2D eigenvalue weighted by atomic mass is 10.2. The van der Waals surface area contributed by atoms with Gasteiger partial charge in [-0.15, -0.1) is 0 Å². The van der Waals surface area contributed by atoms with Gasteiger partial charge in [0.1, 0.15) is 17.2 Å². The predicted molar refractivity (Wildman–Crippen MR) is 69.2 cm³/mol. The molecule has 0 bridgehead atoms. The van der Waals surface area contributed by atoms with Crippen LogP contribution in [0.3, 0.4) is 0 Å². The zero-order valence-corrected chi connectivity index (χ0v) is 10.4. The highest BCUT2D eigenvalue weighted by atomic mass is 35.5. The molecule has 0 aliphatic heterocycles. The first kappa shape index (κ1) is 12.3. The van der Waals surface area contributed by atoms with Crippen LogP contribution in [-0.4, -0.2) is 7.11 Å². The van der Waals surface area contributed by atoms with Gasteiger partial charge in [-0.2, -0.15) is 5.26 Å². The molecule has 0 heterocycles. The molecule has 0 unspecified atom stereocenters. The van der Waals surface area contributed by atoms with Crippen LogP contribution in [0, 0.1) is 11.3 Å². The van der Waals surface area contributed by atoms with Gasteiger partial charge in [0.05, 0.1) is 18.7 Å². The van der Waals surface area contributed by atoms with E-state index in [1.807, 2.05) is 0 Å². The molecule has 2 aromatic rings. The molecule has 0 spiro atoms. The van der Waals surface area contributed by atoms with Crippen LogP contribution in [0.5, 0.6) is 17.2 Å². The van der Waals surface area contributed by atoms with Gasteiger partial charge < -0.3 is 9.47 Å². The number of halogens is 1. The number of rotatable bonds is 3. The Bertz CT molecular complexity index is 605. The van der Waals surface area contributed by atoms with Gasteiger partial charge in [0.2, 0.25) is 0 Å². The fourth-order valence-electron chi connectivity index (χ4n) is 1.48. The van der Waals surface area contributed by atoms with Crippen molar-refractivity contribution < 1.29 is 9.47 Å². The van der Waals surface area contributed by atoms with E-state index in [2.05, 4.69) is 6.07 Å². The average molecular weight is 260 g/mol. The van der Waals surface area contributed by atoms with Crippen molar-refractivity contribution in [1.82, 2.24) is 0 Å². The van der Waals surface area contributed by atoms with Crippen molar-refractivity contribution in [3.05, 3.63) is 53.1 Å². The molecule has 0 aromatic heterocycles. The normalized spacial score (nSPS) is 9.61. The van der Waals surface area contributed by atoms with Gasteiger partial charge in [-0.25, -0.2) is 0 Å². The molecule has 0 aliphatic rings. The van der Waals surface area contributed by atoms with Crippen molar-refractivity contribution in [2.45, 2.75) is 0 Å². The zero-order valence-electron chi connectivity index (χ0n) is 9.68. The number of ether oxygens (including phenoxy) is 2. The van der Waals surface area contributed by atoms with Crippen LogP contribution < -0.4 is 9.47 Å². The SMILES string of the molecule is COc1cc(Cl)cc(Oc2cccc(C#N)c2)c1. The lowest BCUT2D eigenvalue weighted by Crippen LogP contribution is -1.88. The molecule has 0 atom stereocenters. The molecule has 0 aliphatic carbocycles. The van der Waals surface area contributed by atoms with Gasteiger partial charge >= 0.3 is 0 Å². The maximum Gasteiger partial charge on any atom is 0.132 e. The van der Waals surface area contributed by atoms with E-state index in [9.17, 15) is 0 Å². The van der Waals surface area contributed by atoms with E-state index in [0.29, 0.717) is 27.8 Å². The molecule has 0 fully saturated rings. The molecule has 2 rings (SSSR count). The minimum atomic E-state index is 0.529. The minimum absolute atomic E-state index is 0.529. The smallest absolute Gasteiger partial charge is 0.132 e. The van der Waals surface area contributed by atoms with E-state index in [1.54, 1.807) is 49.6 Å². The van der Waals surface area contributed by atoms with E-state index in [0.717, 1.165) is 0 Å². The summed E-state index contributed by atoms with van der Waals surface area (Å²) in [6.07, 6.45) is 0. The standard InChI is InChI=1S/C14H10ClNO2/c1-17-13-6-11(15)7-14(8-13)18-12-4-2-3-10(5-12)9-16/h2-8H,1H3. The fourth-order valence-corrected chi connectivity index (χ4v) is 1.69. The zero-order chi connectivity index (χ0) is 13.0. The summed E-state index contributed by atoms with van der Waals surface area (Å²) >= 11 is 5.94. The third-order valence-electron chi connectivity index (χ3n) is 2.28. The molecular weight excluding hydrogens is 250 g/mol. The van der Waals surface area contributed by atoms with Crippen LogP contribution in [0.15, 0.2) is 42.5 Å². The van der Waals surface area contributed by atoms with Gasteiger partial charge in [0.15, 0.2) is 0 Å². The van der Waals surface area contributed by atoms with Crippen LogP contribution in [0.4, 0.5) is 0 Å². The first-order chi connectivity index (χ1) is 8.71. The van der Waals surface area contributed by atoms with Crippen molar-refractivity contribution in [2.75, 3.05) is 7.11 Å². The summed E-state index contributed by atoms with van der Waals surface area (Å²) in [6, 6.07) is 14.1. The molecule has 0 saturated heterocycles. The van der Waals surface area contributed by atoms with Crippen molar-refractivity contribution in [1.29, 1.82) is 5.26 Å². The van der Waals surface area contributed by atoms with Gasteiger partial charge in [0, 0.05) is 11.1 Å². The molecule has 0 radical (unpaired) electrons. The molecule has 18 heavy (non-hydrogen) atoms. The summed E-state index contributed by atoms with van der Waals surface area (Å²) in [6.45, 7) is 0. The van der Waals surface area contributed by atoms with Crippen LogP contribution >= 0.6 is 11.6 Å². The van der Waals surface area contributed by atoms with E-state index >= 15 is 0 Å². The third-order valence-corrected chi connectivity index (χ3v) is 2.50. The van der Waals surface area contributed by atoms with Gasteiger partial charge in [0.25, 0.3) is 0 Å². The van der Waals surface area contributed by atoms with Crippen LogP contribution in [0.1, 0.15) is 5.56 Å². The largest absolute Gasteiger partial charge is 0.497 e. The predicted octanol–water partition coefficient (Wildman–Crippen LogP) is 4.01. The Labute approximate surface area is 110 Å². The van der Waals surface area contributed by atoms with E-state index < -0.39 is 0 Å². The molecule has 0 N–H and O–H groups in total. The van der Waals surface area contributed by atoms with Crippen LogP contribution in [0.25, 0.3) is 0 Å². The average Bonchev–Trinajstić information content (AvgIpc) is 2.38. The Hall–Kier alpha value is -2.18. The maximum absolute atomic E-state index is 8.81. The first-order valence-electron chi connectivity index (χ1n) is 5.24. The van der Waals surface area contributed by atoms with Crippen molar-refractivity contribution in [3.8, 4) is 23.3 Å². The Balaban J connectivity index is 2.28. The van der Waals surface area contributed by atoms with E-state index in [1.165, 1.54) is 0 Å². The number of nitriles is 1. The highest BCUT2D eigenvalue weighted by molar-refractivity contribution is 6.30. The Morgan fingerprint density at radius 2 is 1.83 bits per heavy atom. The summed E-state index contributed by atoms with van der Waals surface area (Å²) in [5.41, 5.74) is 0.543. The monoisotopic (exact) mass is 259 g/mol. The Morgan fingerprint density at radius 1 is 1.06 bits per heavy atom. The summed E-state index contributed by atoms with van der Waals surface area (Å²) in [5.74, 6) is 1.77. The molecule has 0 amide bonds. The summed E-state index contributed by atoms with van der Waals surface area (Å²) in [4.78, 5) is 0. The number of hydrogen-bond donors (Lipinski definition) is 0. The second-order valence-electron chi connectivity index (χ2n) is 3.57. The Morgan fingerprint density at radius 3 is 2.56 bits per heavy atom. The lowest BCUT2D eigenvalue weighted by molar-refractivity contribution is 0.409. The number of methoxy groups -OCH3 is 1. The molecule has 3 nitrogen and oxygen atoms in total. The second kappa shape index (κ2) is 5.44. The topological polar surface area (TPSA) is 42.2 Å². The summed E-state index contributed by atoms with van der Waals surface area (Å²) in [5, 5.41) is 9.34. The van der Waals surface area contributed by atoms with Crippen LogP contribution in [-0.2, 0) is 0 Å². The van der Waals surface area contributed by atoms with Gasteiger partial charge in [-0.1, -0.05) is 17.7 Å². The van der Waals surface area contributed by atoms with Crippen LogP contribution in [0.2, 0.25) is 5.02 Å². The second-order valence-corrected chi connectivity index (χ2v) is 4.00. The molecule has 90 valence electrons. The third kappa shape index (κ3) is 2.93. The lowest BCUT2D eigenvalue weighted by Gasteiger charge is -2.08. The minimum Gasteiger partial charge on any atom is -0.497 e. The van der Waals surface area contributed by atoms with Gasteiger partial charge in [-0.3, -0.25) is 0 Å². The number of hydrogen-bond acceptors (Lipinski definition) is 3. The number of benzene rings is 2. The van der Waals surface area contributed by atoms with Crippen molar-refractivity contribution in [2.24, 2.45) is 0 Å². The summed E-state index contributed by atoms with van der Waals surface area (Å²) in [7, 11) is 1.56. The van der Waals surface area contributed by atoms with Crippen molar-refractivity contribution >= 4 is 11.6 Å². The molecular formula is C14H10ClNO2. The quantitative estimate of drug-likeness (QED) is 0.836. The first-order valence-corrected chi connectivity index (χ1v) is 5.61. The van der Waals surface area contributed by atoms with E-state index in [-0.39, 0.29) is 0 Å². The molecule has 0 saturated carbocycles. The van der Waals surface area contributed by atoms with Gasteiger partial charge in [-0.05, 0) is 30.3 Å². The highest BCUT2D eigenvalue weighted by Gasteiger charge is 2.03. The fraction of sp³-hybridized carbons (Fsp3) is 0.0714. The molecule has 4 heteroatoms. The highest BCUT2D eigenvalue weighted by Crippen LogP contribution is 2.29. The van der Waals surface area contributed by atoms with Crippen molar-refractivity contribution in [3.63, 3.8) is 0 Å². The number of nitrogens with zero attached hydrogens (tertiary/aromatic N) is 1.